The second-order valence-corrected chi connectivity index (χ2v) is 4.76. The Morgan fingerprint density at radius 1 is 1.00 bits per heavy atom. The van der Waals surface area contributed by atoms with Gasteiger partial charge < -0.3 is 16.0 Å². The maximum absolute atomic E-state index is 13.0. The fourth-order valence-corrected chi connectivity index (χ4v) is 1.67. The van der Waals surface area contributed by atoms with Gasteiger partial charge in [0.2, 0.25) is 17.7 Å². The maximum atomic E-state index is 13.0. The zero-order valence-corrected chi connectivity index (χ0v) is 12.6. The molecular weight excluding hydrogens is 334 g/mol. The van der Waals surface area contributed by atoms with Gasteiger partial charge in [0.15, 0.2) is 0 Å². The van der Waals surface area contributed by atoms with E-state index in [0.29, 0.717) is 6.07 Å². The molecule has 24 heavy (non-hydrogen) atoms. The second kappa shape index (κ2) is 8.27. The Morgan fingerprint density at radius 3 is 2.17 bits per heavy atom. The average Bonchev–Trinajstić information content (AvgIpc) is 2.48. The van der Waals surface area contributed by atoms with E-state index >= 15 is 0 Å². The highest BCUT2D eigenvalue weighted by Gasteiger charge is 2.33. The molecule has 0 bridgehead atoms. The Hall–Kier alpha value is -2.65. The van der Waals surface area contributed by atoms with Crippen LogP contribution in [0.2, 0.25) is 0 Å². The molecule has 0 aromatic heterocycles. The van der Waals surface area contributed by atoms with Gasteiger partial charge in [0, 0.05) is 13.5 Å². The summed E-state index contributed by atoms with van der Waals surface area (Å²) >= 11 is 0. The van der Waals surface area contributed by atoms with Gasteiger partial charge in [0.05, 0.1) is 18.7 Å². The summed E-state index contributed by atoms with van der Waals surface area (Å²) in [5.41, 5.74) is -1.49. The molecule has 0 aliphatic rings. The van der Waals surface area contributed by atoms with Crippen LogP contribution in [0.25, 0.3) is 0 Å². The minimum absolute atomic E-state index is 0.304. The number of alkyl halides is 3. The number of nitrogens with one attached hydrogen (secondary N) is 3. The third-order valence-electron chi connectivity index (χ3n) is 2.80. The van der Waals surface area contributed by atoms with Crippen LogP contribution in [-0.2, 0) is 27.1 Å². The number of hydrogen-bond donors (Lipinski definition) is 3. The highest BCUT2D eigenvalue weighted by atomic mass is 19.4. The van der Waals surface area contributed by atoms with Crippen molar-refractivity contribution >= 4 is 17.7 Å². The Labute approximate surface area is 134 Å². The van der Waals surface area contributed by atoms with Crippen LogP contribution in [0.3, 0.4) is 0 Å². The van der Waals surface area contributed by atoms with E-state index in [1.807, 2.05) is 0 Å². The highest BCUT2D eigenvalue weighted by molar-refractivity contribution is 5.87. The van der Waals surface area contributed by atoms with Crippen molar-refractivity contribution < 1.29 is 31.9 Å². The van der Waals surface area contributed by atoms with Crippen LogP contribution < -0.4 is 16.0 Å². The first-order valence-corrected chi connectivity index (χ1v) is 6.73. The van der Waals surface area contributed by atoms with Gasteiger partial charge in [-0.25, -0.2) is 4.39 Å². The van der Waals surface area contributed by atoms with Gasteiger partial charge >= 0.3 is 6.18 Å². The van der Waals surface area contributed by atoms with Crippen LogP contribution >= 0.6 is 0 Å². The first kappa shape index (κ1) is 19.4. The van der Waals surface area contributed by atoms with E-state index in [2.05, 4.69) is 16.0 Å². The van der Waals surface area contributed by atoms with E-state index < -0.39 is 48.4 Å². The van der Waals surface area contributed by atoms with Gasteiger partial charge in [-0.05, 0) is 17.7 Å². The summed E-state index contributed by atoms with van der Waals surface area (Å²) in [6.07, 6.45) is -4.76. The average molecular weight is 349 g/mol. The Kier molecular flexibility index (Phi) is 6.69. The number of amides is 3. The molecule has 0 spiro atoms. The van der Waals surface area contributed by atoms with Gasteiger partial charge in [-0.15, -0.1) is 0 Å². The number of rotatable bonds is 6. The van der Waals surface area contributed by atoms with Crippen molar-refractivity contribution in [3.05, 3.63) is 35.1 Å². The number of carbonyl (C=O) groups excluding carboxylic acids is 3. The van der Waals surface area contributed by atoms with E-state index in [1.54, 1.807) is 0 Å². The third-order valence-corrected chi connectivity index (χ3v) is 2.80. The molecular formula is C14H15F4N3O3. The third kappa shape index (κ3) is 6.63. The minimum atomic E-state index is -4.76. The van der Waals surface area contributed by atoms with Crippen molar-refractivity contribution in [1.29, 1.82) is 0 Å². The Bertz CT molecular complexity index is 632. The van der Waals surface area contributed by atoms with Crippen LogP contribution in [0.5, 0.6) is 0 Å². The molecule has 3 amide bonds. The van der Waals surface area contributed by atoms with Crippen molar-refractivity contribution in [1.82, 2.24) is 16.0 Å². The predicted molar refractivity (Wildman–Crippen MR) is 74.9 cm³/mol. The number of halogens is 4. The quantitative estimate of drug-likeness (QED) is 0.661. The lowest BCUT2D eigenvalue weighted by atomic mass is 10.1. The van der Waals surface area contributed by atoms with E-state index in [0.717, 1.165) is 12.1 Å². The van der Waals surface area contributed by atoms with Crippen molar-refractivity contribution in [2.45, 2.75) is 19.6 Å². The molecule has 1 aromatic rings. The van der Waals surface area contributed by atoms with E-state index in [9.17, 15) is 31.9 Å². The summed E-state index contributed by atoms with van der Waals surface area (Å²) in [6, 6.07) is 2.12. The normalized spacial score (nSPS) is 10.9. The van der Waals surface area contributed by atoms with Gasteiger partial charge in [-0.1, -0.05) is 6.07 Å². The molecule has 1 aromatic carbocycles. The number of hydrogen-bond acceptors (Lipinski definition) is 3. The van der Waals surface area contributed by atoms with E-state index in [4.69, 9.17) is 0 Å². The van der Waals surface area contributed by atoms with Crippen molar-refractivity contribution in [3.8, 4) is 0 Å². The fraction of sp³-hybridized carbons (Fsp3) is 0.357. The molecule has 0 saturated carbocycles. The molecule has 132 valence electrons. The molecule has 10 heteroatoms. The SMILES string of the molecule is CC(=O)NCC(=O)NCC(=O)NCc1ccc(F)cc1C(F)(F)F. The largest absolute Gasteiger partial charge is 0.416 e. The zero-order valence-electron chi connectivity index (χ0n) is 12.6. The van der Waals surface area contributed by atoms with Crippen LogP contribution in [0.4, 0.5) is 17.6 Å². The highest BCUT2D eigenvalue weighted by Crippen LogP contribution is 2.32. The van der Waals surface area contributed by atoms with Crippen molar-refractivity contribution in [2.75, 3.05) is 13.1 Å². The van der Waals surface area contributed by atoms with Crippen LogP contribution in [0.1, 0.15) is 18.1 Å². The summed E-state index contributed by atoms with van der Waals surface area (Å²) in [5, 5.41) is 6.58. The molecule has 0 atom stereocenters. The lowest BCUT2D eigenvalue weighted by Gasteiger charge is -2.14. The molecule has 0 aliphatic heterocycles. The van der Waals surface area contributed by atoms with Gasteiger partial charge in [0.25, 0.3) is 0 Å². The summed E-state index contributed by atoms with van der Waals surface area (Å²) < 4.78 is 51.3. The first-order chi connectivity index (χ1) is 11.1. The topological polar surface area (TPSA) is 87.3 Å². The Balaban J connectivity index is 2.53. The summed E-state index contributed by atoms with van der Waals surface area (Å²) in [7, 11) is 0. The monoisotopic (exact) mass is 349 g/mol. The standard InChI is InChI=1S/C14H15F4N3O3/c1-8(22)19-6-12(23)21-7-13(24)20-5-9-2-3-10(15)4-11(9)14(16,17)18/h2-4H,5-7H2,1H3,(H,19,22)(H,20,24)(H,21,23). The van der Waals surface area contributed by atoms with E-state index in [1.165, 1.54) is 6.92 Å². The lowest BCUT2D eigenvalue weighted by Crippen LogP contribution is -2.41. The molecule has 0 saturated heterocycles. The smallest absolute Gasteiger partial charge is 0.350 e. The minimum Gasteiger partial charge on any atom is -0.350 e. The van der Waals surface area contributed by atoms with Crippen molar-refractivity contribution in [3.63, 3.8) is 0 Å². The molecule has 0 radical (unpaired) electrons. The second-order valence-electron chi connectivity index (χ2n) is 4.76. The number of benzene rings is 1. The summed E-state index contributed by atoms with van der Waals surface area (Å²) in [6.45, 7) is -0.0593. The van der Waals surface area contributed by atoms with Crippen LogP contribution in [0.15, 0.2) is 18.2 Å². The zero-order chi connectivity index (χ0) is 18.3. The molecule has 0 aliphatic carbocycles. The Morgan fingerprint density at radius 2 is 1.58 bits per heavy atom. The van der Waals surface area contributed by atoms with Gasteiger partial charge in [-0.3, -0.25) is 14.4 Å². The maximum Gasteiger partial charge on any atom is 0.416 e. The summed E-state index contributed by atoms with van der Waals surface area (Å²) in [4.78, 5) is 33.4. The molecule has 3 N–H and O–H groups in total. The molecule has 0 unspecified atom stereocenters. The molecule has 1 rings (SSSR count). The number of carbonyl (C=O) groups is 3. The molecule has 6 nitrogen and oxygen atoms in total. The molecule has 0 fully saturated rings. The predicted octanol–water partition coefficient (Wildman–Crippen LogP) is 0.713. The van der Waals surface area contributed by atoms with E-state index in [-0.39, 0.29) is 12.1 Å². The van der Waals surface area contributed by atoms with Gasteiger partial charge in [0.1, 0.15) is 5.82 Å². The van der Waals surface area contributed by atoms with Gasteiger partial charge in [-0.2, -0.15) is 13.2 Å². The lowest BCUT2D eigenvalue weighted by molar-refractivity contribution is -0.138. The van der Waals surface area contributed by atoms with Crippen LogP contribution in [0, 0.1) is 5.82 Å². The van der Waals surface area contributed by atoms with Crippen LogP contribution in [-0.4, -0.2) is 30.8 Å². The molecule has 0 heterocycles. The summed E-state index contributed by atoms with van der Waals surface area (Å²) in [5.74, 6) is -2.82. The van der Waals surface area contributed by atoms with Crippen molar-refractivity contribution in [2.24, 2.45) is 0 Å². The first-order valence-electron chi connectivity index (χ1n) is 6.73. The fourth-order valence-electron chi connectivity index (χ4n) is 1.67.